The van der Waals surface area contributed by atoms with Crippen LogP contribution in [0.25, 0.3) is 10.6 Å². The number of methoxy groups -OCH3 is 1. The van der Waals surface area contributed by atoms with Crippen molar-refractivity contribution in [2.75, 3.05) is 13.7 Å². The van der Waals surface area contributed by atoms with Crippen molar-refractivity contribution in [1.29, 1.82) is 0 Å². The number of ether oxygens (including phenoxy) is 2. The highest BCUT2D eigenvalue weighted by molar-refractivity contribution is 7.13. The highest BCUT2D eigenvalue weighted by atomic mass is 32.1. The van der Waals surface area contributed by atoms with E-state index in [1.165, 1.54) is 11.3 Å². The highest BCUT2D eigenvalue weighted by Crippen LogP contribution is 2.34. The van der Waals surface area contributed by atoms with Crippen LogP contribution in [0.5, 0.6) is 11.5 Å². The molecule has 3 aromatic rings. The van der Waals surface area contributed by atoms with Crippen molar-refractivity contribution in [3.05, 3.63) is 50.8 Å². The Kier molecular flexibility index (Phi) is 5.41. The summed E-state index contributed by atoms with van der Waals surface area (Å²) in [5.41, 5.74) is 2.70. The third-order valence-corrected chi connectivity index (χ3v) is 5.04. The van der Waals surface area contributed by atoms with E-state index >= 15 is 0 Å². The topological polar surface area (TPSA) is 92.3 Å². The largest absolute Gasteiger partial charge is 0.493 e. The van der Waals surface area contributed by atoms with Gasteiger partial charge in [-0.3, -0.25) is 14.8 Å². The van der Waals surface area contributed by atoms with Gasteiger partial charge in [-0.25, -0.2) is 4.98 Å². The molecule has 27 heavy (non-hydrogen) atoms. The number of aromatic nitrogens is 3. The lowest BCUT2D eigenvalue weighted by Gasteiger charge is -2.09. The zero-order chi connectivity index (χ0) is 19.6. The number of nitrogens with zero attached hydrogens (tertiary/aromatic N) is 4. The van der Waals surface area contributed by atoms with Crippen LogP contribution in [0.2, 0.25) is 0 Å². The molecule has 1 aromatic carbocycles. The lowest BCUT2D eigenvalue weighted by molar-refractivity contribution is -0.386. The van der Waals surface area contributed by atoms with Gasteiger partial charge in [0.05, 0.1) is 30.9 Å². The van der Waals surface area contributed by atoms with Crippen molar-refractivity contribution < 1.29 is 14.4 Å². The Balaban J connectivity index is 1.85. The monoisotopic (exact) mass is 388 g/mol. The van der Waals surface area contributed by atoms with E-state index in [1.54, 1.807) is 25.6 Å². The van der Waals surface area contributed by atoms with Gasteiger partial charge in [0, 0.05) is 10.9 Å². The predicted molar refractivity (Wildman–Crippen MR) is 103 cm³/mol. The zero-order valence-corrected chi connectivity index (χ0v) is 16.4. The van der Waals surface area contributed by atoms with Crippen molar-refractivity contribution >= 4 is 17.0 Å². The second-order valence-electron chi connectivity index (χ2n) is 5.88. The number of aryl methyl sites for hydroxylation is 1. The molecule has 9 heteroatoms. The van der Waals surface area contributed by atoms with E-state index in [1.807, 2.05) is 30.5 Å². The minimum absolute atomic E-state index is 0.0571. The lowest BCUT2D eigenvalue weighted by Crippen LogP contribution is -2.04. The first-order valence-corrected chi connectivity index (χ1v) is 9.26. The van der Waals surface area contributed by atoms with E-state index in [4.69, 9.17) is 9.47 Å². The fraction of sp³-hybridized carbons (Fsp3) is 0.333. The molecule has 0 aliphatic rings. The van der Waals surface area contributed by atoms with E-state index in [0.29, 0.717) is 36.0 Å². The molecule has 2 heterocycles. The van der Waals surface area contributed by atoms with Gasteiger partial charge in [0.25, 0.3) is 0 Å². The number of benzene rings is 1. The number of thiazole rings is 1. The third kappa shape index (κ3) is 3.77. The summed E-state index contributed by atoms with van der Waals surface area (Å²) in [6, 6.07) is 5.69. The zero-order valence-electron chi connectivity index (χ0n) is 15.6. The fourth-order valence-electron chi connectivity index (χ4n) is 2.85. The summed E-state index contributed by atoms with van der Waals surface area (Å²) in [6.07, 6.45) is 0. The summed E-state index contributed by atoms with van der Waals surface area (Å²) in [6.45, 7) is 6.20. The summed E-state index contributed by atoms with van der Waals surface area (Å²) < 4.78 is 12.5. The molecular formula is C18H20N4O4S. The molecule has 0 saturated carbocycles. The molecule has 0 aliphatic carbocycles. The molecule has 0 atom stereocenters. The van der Waals surface area contributed by atoms with Gasteiger partial charge in [-0.05, 0) is 39.0 Å². The summed E-state index contributed by atoms with van der Waals surface area (Å²) in [7, 11) is 1.60. The average Bonchev–Trinajstić information content (AvgIpc) is 3.20. The minimum atomic E-state index is -0.396. The molecule has 0 spiro atoms. The van der Waals surface area contributed by atoms with Crippen LogP contribution in [0.15, 0.2) is 23.6 Å². The maximum absolute atomic E-state index is 11.1. The van der Waals surface area contributed by atoms with Crippen molar-refractivity contribution in [1.82, 2.24) is 14.8 Å². The quantitative estimate of drug-likeness (QED) is 0.449. The van der Waals surface area contributed by atoms with Crippen LogP contribution in [-0.4, -0.2) is 33.4 Å². The van der Waals surface area contributed by atoms with Crippen LogP contribution in [0.4, 0.5) is 5.69 Å². The van der Waals surface area contributed by atoms with Gasteiger partial charge in [0.1, 0.15) is 16.4 Å². The molecule has 0 amide bonds. The van der Waals surface area contributed by atoms with E-state index < -0.39 is 4.92 Å². The number of hydrogen-bond donors (Lipinski definition) is 0. The Hall–Kier alpha value is -2.94. The third-order valence-electron chi connectivity index (χ3n) is 4.10. The molecule has 142 valence electrons. The molecule has 0 radical (unpaired) electrons. The Morgan fingerprint density at radius 2 is 2.07 bits per heavy atom. The number of nitro groups is 1. The van der Waals surface area contributed by atoms with E-state index in [0.717, 1.165) is 16.3 Å². The van der Waals surface area contributed by atoms with Gasteiger partial charge >= 0.3 is 5.69 Å². The van der Waals surface area contributed by atoms with Crippen LogP contribution in [-0.2, 0) is 6.54 Å². The molecule has 2 aromatic heterocycles. The molecule has 3 rings (SSSR count). The van der Waals surface area contributed by atoms with E-state index in [9.17, 15) is 10.1 Å². The van der Waals surface area contributed by atoms with Gasteiger partial charge in [-0.15, -0.1) is 11.3 Å². The van der Waals surface area contributed by atoms with Crippen LogP contribution in [0, 0.1) is 24.0 Å². The number of hydrogen-bond acceptors (Lipinski definition) is 7. The smallest absolute Gasteiger partial charge is 0.312 e. The molecule has 0 aliphatic heterocycles. The molecule has 8 nitrogen and oxygen atoms in total. The minimum Gasteiger partial charge on any atom is -0.493 e. The van der Waals surface area contributed by atoms with Gasteiger partial charge in [-0.2, -0.15) is 5.10 Å². The van der Waals surface area contributed by atoms with Crippen molar-refractivity contribution in [2.45, 2.75) is 27.3 Å². The summed E-state index contributed by atoms with van der Waals surface area (Å²) in [4.78, 5) is 15.4. The Labute approximate surface area is 160 Å². The molecule has 0 unspecified atom stereocenters. The van der Waals surface area contributed by atoms with Gasteiger partial charge in [0.15, 0.2) is 11.5 Å². The average molecular weight is 388 g/mol. The molecule has 0 fully saturated rings. The fourth-order valence-corrected chi connectivity index (χ4v) is 3.65. The SMILES string of the molecule is CCOc1ccc(-c2nc(Cn3nc(C)c([N+](=O)[O-])c3C)cs2)cc1OC. The normalized spacial score (nSPS) is 10.8. The molecular weight excluding hydrogens is 368 g/mol. The van der Waals surface area contributed by atoms with Gasteiger partial charge in [-0.1, -0.05) is 0 Å². The van der Waals surface area contributed by atoms with Crippen LogP contribution in [0.3, 0.4) is 0 Å². The van der Waals surface area contributed by atoms with E-state index in [2.05, 4.69) is 10.1 Å². The molecule has 0 saturated heterocycles. The standard InChI is InChI=1S/C18H20N4O4S/c1-5-26-15-7-6-13(8-16(15)25-4)18-19-14(10-27-18)9-21-12(3)17(22(23)24)11(2)20-21/h6-8,10H,5,9H2,1-4H3. The first kappa shape index (κ1) is 18.8. The van der Waals surface area contributed by atoms with Crippen LogP contribution in [0.1, 0.15) is 24.0 Å². The molecule has 0 bridgehead atoms. The second kappa shape index (κ2) is 7.75. The summed E-state index contributed by atoms with van der Waals surface area (Å²) >= 11 is 1.50. The maximum Gasteiger partial charge on any atom is 0.312 e. The van der Waals surface area contributed by atoms with Crippen LogP contribution >= 0.6 is 11.3 Å². The number of rotatable bonds is 7. The van der Waals surface area contributed by atoms with Crippen LogP contribution < -0.4 is 9.47 Å². The van der Waals surface area contributed by atoms with E-state index in [-0.39, 0.29) is 5.69 Å². The van der Waals surface area contributed by atoms with Crippen molar-refractivity contribution in [3.8, 4) is 22.1 Å². The Morgan fingerprint density at radius 1 is 1.30 bits per heavy atom. The summed E-state index contributed by atoms with van der Waals surface area (Å²) in [5.74, 6) is 1.34. The second-order valence-corrected chi connectivity index (χ2v) is 6.73. The summed E-state index contributed by atoms with van der Waals surface area (Å²) in [5, 5.41) is 18.2. The van der Waals surface area contributed by atoms with Gasteiger partial charge in [0.2, 0.25) is 0 Å². The Bertz CT molecular complexity index is 980. The lowest BCUT2D eigenvalue weighted by atomic mass is 10.2. The van der Waals surface area contributed by atoms with Gasteiger partial charge < -0.3 is 9.47 Å². The molecule has 0 N–H and O–H groups in total. The maximum atomic E-state index is 11.1. The van der Waals surface area contributed by atoms with Crippen molar-refractivity contribution in [3.63, 3.8) is 0 Å². The van der Waals surface area contributed by atoms with Crippen molar-refractivity contribution in [2.24, 2.45) is 0 Å². The highest BCUT2D eigenvalue weighted by Gasteiger charge is 2.22. The first-order chi connectivity index (χ1) is 12.9. The first-order valence-electron chi connectivity index (χ1n) is 8.38. The Morgan fingerprint density at radius 3 is 2.70 bits per heavy atom. The predicted octanol–water partition coefficient (Wildman–Crippen LogP) is 3.99.